The standard InChI is InChI=1S/C23H28N4O2.C13H20N4O.2C11H16N2.C10H10O2.C7H7Cl.C4H7ClO2.C4H10N2.H4N2/c1-2-7-20-10-6-11-21(23(20)29)16-24-25-22(28)18-27-14-12-26(13-15-27)17-19-8-4-3-5-9-19;14-15-13(18)11-17-8-6-16(7-9-17)10-12-4-2-1-3-5-12;2*1-2-4-11(5-3-1)10-13-8-6-12-7-9-13;1-2-4-8-5-3-6-9(7-11)10(8)12;8-6-7-4-2-1-3-5-7;1-2-7-4(6)3-5;1-2-6-4-3-5-1;1-2/h2-6,8-11,16,29H,1,7,12-15,17-18H2,(H,25,28);1-5H,6-11,14H2,(H,15,18);2*1-5,12H,6-10H2;2-3,5-7,12H,1,4H2;1-5H,6H2;2-3H2,1H3;5-6H,1-4H2;1-2H2/b24-16+;;;;;;;;. The molecule has 23 nitrogen and oxygen atoms in total. The largest absolute Gasteiger partial charge is 0.507 e. The highest BCUT2D eigenvalue weighted by molar-refractivity contribution is 6.26. The van der Waals surface area contributed by atoms with E-state index in [1.165, 1.54) is 60.2 Å². The monoisotopic (exact) mass is 1520 g/mol. The van der Waals surface area contributed by atoms with Crippen LogP contribution in [0.5, 0.6) is 11.5 Å². The molecule has 0 aromatic heterocycles. The molecule has 108 heavy (non-hydrogen) atoms. The van der Waals surface area contributed by atoms with Gasteiger partial charge in [0.05, 0.1) is 31.5 Å². The first-order valence-electron chi connectivity index (χ1n) is 36.9. The maximum absolute atomic E-state index is 12.2. The Bertz CT molecular complexity index is 3450. The van der Waals surface area contributed by atoms with E-state index in [9.17, 15) is 29.4 Å². The average molecular weight is 1520 g/mol. The average Bonchev–Trinajstić information content (AvgIpc) is 0.875. The molecule has 2 amide bonds. The summed E-state index contributed by atoms with van der Waals surface area (Å²) in [5.41, 5.74) is 13.8. The number of nitrogens with two attached hydrogens (primary N) is 3. The number of carbonyl (C=O) groups is 4. The Labute approximate surface area is 651 Å². The first-order valence-corrected chi connectivity index (χ1v) is 38.0. The number of para-hydroxylation sites is 2. The van der Waals surface area contributed by atoms with Crippen LogP contribution < -0.4 is 49.6 Å². The van der Waals surface area contributed by atoms with Crippen LogP contribution in [0.25, 0.3) is 0 Å². The van der Waals surface area contributed by atoms with Crippen LogP contribution in [0.2, 0.25) is 0 Å². The fourth-order valence-electron chi connectivity index (χ4n) is 11.4. The predicted octanol–water partition coefficient (Wildman–Crippen LogP) is 7.51. The second kappa shape index (κ2) is 59.4. The quantitative estimate of drug-likeness (QED) is 0.00457. The Morgan fingerprint density at radius 1 is 0.463 bits per heavy atom. The minimum absolute atomic E-state index is 0.0478. The number of nitrogens with zero attached hydrogens (tertiary/aromatic N) is 7. The summed E-state index contributed by atoms with van der Waals surface area (Å²) in [6, 6.07) is 62.7. The number of ether oxygens (including phenoxy) is 1. The second-order valence-corrected chi connectivity index (χ2v) is 25.9. The van der Waals surface area contributed by atoms with Crippen LogP contribution in [0.1, 0.15) is 61.8 Å². The maximum Gasteiger partial charge on any atom is 0.320 e. The fourth-order valence-corrected chi connectivity index (χ4v) is 11.7. The summed E-state index contributed by atoms with van der Waals surface area (Å²) in [6.07, 6.45) is 6.68. The number of rotatable bonds is 22. The molecule has 12 rings (SSSR count). The number of allylic oxidation sites excluding steroid dienone is 2. The third-order valence-corrected chi connectivity index (χ3v) is 17.7. The minimum Gasteiger partial charge on any atom is -0.507 e. The van der Waals surface area contributed by atoms with Gasteiger partial charge in [-0.15, -0.1) is 36.4 Å². The third kappa shape index (κ3) is 41.1. The maximum atomic E-state index is 12.2. The summed E-state index contributed by atoms with van der Waals surface area (Å²) in [4.78, 5) is 57.8. The van der Waals surface area contributed by atoms with Crippen LogP contribution in [-0.4, -0.2) is 226 Å². The number of esters is 1. The van der Waals surface area contributed by atoms with Gasteiger partial charge in [0.25, 0.3) is 5.91 Å². The number of phenols is 2. The van der Waals surface area contributed by atoms with Gasteiger partial charge in [0.1, 0.15) is 17.4 Å². The number of hydrogen-bond acceptors (Lipinski definition) is 21. The van der Waals surface area contributed by atoms with Crippen molar-refractivity contribution >= 4 is 53.5 Å². The highest BCUT2D eigenvalue weighted by Gasteiger charge is 2.21. The van der Waals surface area contributed by atoms with Gasteiger partial charge >= 0.3 is 5.97 Å². The molecule has 14 N–H and O–H groups in total. The van der Waals surface area contributed by atoms with Crippen LogP contribution in [0.4, 0.5) is 0 Å². The molecule has 25 heteroatoms. The topological polar surface area (TPSA) is 300 Å². The lowest BCUT2D eigenvalue weighted by Crippen LogP contribution is -2.49. The van der Waals surface area contributed by atoms with Gasteiger partial charge < -0.3 is 36.2 Å². The Hall–Kier alpha value is -8.57. The molecule has 586 valence electrons. The van der Waals surface area contributed by atoms with E-state index < -0.39 is 0 Å². The number of nitrogens with one attached hydrogen (secondary N) is 6. The van der Waals surface area contributed by atoms with E-state index in [4.69, 9.17) is 29.0 Å². The van der Waals surface area contributed by atoms with Crippen molar-refractivity contribution in [1.82, 2.24) is 61.5 Å². The van der Waals surface area contributed by atoms with Crippen LogP contribution in [0.3, 0.4) is 0 Å². The number of halogens is 2. The summed E-state index contributed by atoms with van der Waals surface area (Å²) in [7, 11) is 0. The SMILES string of the molecule is C1CNCCN1.C=CCc1cccc(/C=N/NC(=O)CN2CCN(Cc3ccccc3)CC2)c1O.C=CCc1cccc(C=O)c1O.CCOC(=O)CCl.ClCc1ccccc1.NN.NNC(=O)CN1CCN(Cc2ccccc2)CC1.c1ccc(CN2CCNCC2)cc1.c1ccc(CN2CCNCC2)cc1. The highest BCUT2D eigenvalue weighted by Crippen LogP contribution is 2.23. The summed E-state index contributed by atoms with van der Waals surface area (Å²) in [5, 5.41) is 36.8. The molecule has 0 bridgehead atoms. The summed E-state index contributed by atoms with van der Waals surface area (Å²) in [5.74, 6) is 13.2. The Morgan fingerprint density at radius 3 is 1.09 bits per heavy atom. The lowest BCUT2D eigenvalue weighted by Gasteiger charge is -2.34. The summed E-state index contributed by atoms with van der Waals surface area (Å²) < 4.78 is 4.42. The highest BCUT2D eigenvalue weighted by atomic mass is 35.5. The number of benzene rings is 7. The van der Waals surface area contributed by atoms with E-state index in [-0.39, 0.29) is 35.2 Å². The molecule has 0 unspecified atom stereocenters. The second-order valence-electron chi connectivity index (χ2n) is 25.3. The number of alkyl halides is 2. The van der Waals surface area contributed by atoms with Gasteiger partial charge in [-0.3, -0.25) is 65.7 Å². The first kappa shape index (κ1) is 91.8. The lowest BCUT2D eigenvalue weighted by molar-refractivity contribution is -0.140. The van der Waals surface area contributed by atoms with Gasteiger partial charge in [-0.25, -0.2) is 11.3 Å². The number of amides is 2. The molecule has 7 aromatic carbocycles. The zero-order valence-electron chi connectivity index (χ0n) is 63.1. The number of hydrazone groups is 1. The third-order valence-electron chi connectivity index (χ3n) is 17.2. The van der Waals surface area contributed by atoms with Crippen molar-refractivity contribution < 1.29 is 34.1 Å². The molecular formula is C83H118Cl2N16O7. The molecular weight excluding hydrogens is 1400 g/mol. The number of aromatic hydroxyl groups is 2. The van der Waals surface area contributed by atoms with Crippen molar-refractivity contribution in [3.8, 4) is 11.5 Å². The molecule has 5 saturated heterocycles. The van der Waals surface area contributed by atoms with Crippen molar-refractivity contribution in [2.45, 2.75) is 51.8 Å². The molecule has 0 spiro atoms. The van der Waals surface area contributed by atoms with Gasteiger partial charge in [0.15, 0.2) is 6.29 Å². The number of piperazine rings is 5. The molecule has 0 saturated carbocycles. The van der Waals surface area contributed by atoms with Crippen molar-refractivity contribution in [2.75, 3.05) is 156 Å². The number of carbonyl (C=O) groups excluding carboxylic acids is 4. The first-order chi connectivity index (χ1) is 52.9. The molecule has 0 atom stereocenters. The van der Waals surface area contributed by atoms with Gasteiger partial charge in [0.2, 0.25) is 5.91 Å². The van der Waals surface area contributed by atoms with Crippen molar-refractivity contribution in [3.63, 3.8) is 0 Å². The molecule has 0 radical (unpaired) electrons. The normalized spacial score (nSPS) is 15.2. The number of hydrazine groups is 2. The van der Waals surface area contributed by atoms with Gasteiger partial charge in [0, 0.05) is 169 Å². The van der Waals surface area contributed by atoms with Crippen LogP contribution in [0, 0.1) is 0 Å². The van der Waals surface area contributed by atoms with Crippen molar-refractivity contribution in [2.24, 2.45) is 22.6 Å². The van der Waals surface area contributed by atoms with E-state index >= 15 is 0 Å². The zero-order valence-corrected chi connectivity index (χ0v) is 64.6. The molecule has 5 aliphatic heterocycles. The van der Waals surface area contributed by atoms with E-state index in [1.54, 1.807) is 43.3 Å². The van der Waals surface area contributed by atoms with Crippen LogP contribution >= 0.6 is 23.2 Å². The van der Waals surface area contributed by atoms with E-state index in [2.05, 4.69) is 205 Å². The summed E-state index contributed by atoms with van der Waals surface area (Å²) in [6.45, 7) is 35.4. The van der Waals surface area contributed by atoms with Crippen LogP contribution in [-0.2, 0) is 64.0 Å². The summed E-state index contributed by atoms with van der Waals surface area (Å²) >= 11 is 10.6. The van der Waals surface area contributed by atoms with Gasteiger partial charge in [-0.1, -0.05) is 188 Å². The Kier molecular flexibility index (Phi) is 50.5. The van der Waals surface area contributed by atoms with E-state index in [0.717, 1.165) is 142 Å². The number of aldehydes is 1. The molecule has 5 heterocycles. The van der Waals surface area contributed by atoms with Gasteiger partial charge in [-0.2, -0.15) is 5.10 Å². The van der Waals surface area contributed by atoms with Crippen molar-refractivity contribution in [1.29, 1.82) is 0 Å². The minimum atomic E-state index is -0.357. The molecule has 7 aromatic rings. The van der Waals surface area contributed by atoms with E-state index in [0.29, 0.717) is 55.8 Å². The fraction of sp³-hybridized carbons (Fsp3) is 0.386. The van der Waals surface area contributed by atoms with E-state index in [1.807, 2.05) is 54.6 Å². The lowest BCUT2D eigenvalue weighted by atomic mass is 10.1. The van der Waals surface area contributed by atoms with Crippen molar-refractivity contribution in [3.05, 3.63) is 263 Å². The predicted molar refractivity (Wildman–Crippen MR) is 440 cm³/mol. The molecule has 5 aliphatic rings. The Morgan fingerprint density at radius 2 is 0.787 bits per heavy atom. The zero-order chi connectivity index (χ0) is 77.9. The Balaban J connectivity index is 0.000000273. The van der Waals surface area contributed by atoms with Crippen LogP contribution in [0.15, 0.2) is 218 Å². The number of hydrogen-bond donors (Lipinski definition) is 11. The molecule has 0 aliphatic carbocycles. The molecule has 5 fully saturated rings. The van der Waals surface area contributed by atoms with Gasteiger partial charge in [-0.05, 0) is 70.8 Å². The number of phenolic OH excluding ortho intramolecular Hbond substituents is 2. The smallest absolute Gasteiger partial charge is 0.320 e.